The second kappa shape index (κ2) is 7.06. The van der Waals surface area contributed by atoms with Gasteiger partial charge in [0, 0.05) is 12.1 Å². The van der Waals surface area contributed by atoms with Gasteiger partial charge in [0.1, 0.15) is 17.3 Å². The zero-order chi connectivity index (χ0) is 13.7. The standard InChI is InChI=1S/C14H22ClN3O/c1-2-4-12-13(15)17-9-18-14(12)16-8-10-5-3-6-11(19)7-10/h9-11,19H,2-8H2,1H3,(H,16,17,18). The van der Waals surface area contributed by atoms with Gasteiger partial charge in [0.05, 0.1) is 6.10 Å². The Labute approximate surface area is 119 Å². The molecule has 2 rings (SSSR count). The Kier molecular flexibility index (Phi) is 5.40. The van der Waals surface area contributed by atoms with Gasteiger partial charge in [0.15, 0.2) is 0 Å². The summed E-state index contributed by atoms with van der Waals surface area (Å²) in [4.78, 5) is 8.33. The lowest BCUT2D eigenvalue weighted by atomic mass is 9.87. The molecule has 0 aromatic carbocycles. The fraction of sp³-hybridized carbons (Fsp3) is 0.714. The van der Waals surface area contributed by atoms with Gasteiger partial charge < -0.3 is 10.4 Å². The normalized spacial score (nSPS) is 23.3. The topological polar surface area (TPSA) is 58.0 Å². The predicted octanol–water partition coefficient (Wildman–Crippen LogP) is 3.05. The highest BCUT2D eigenvalue weighted by Gasteiger charge is 2.20. The highest BCUT2D eigenvalue weighted by Crippen LogP contribution is 2.26. The molecule has 2 N–H and O–H groups in total. The fourth-order valence-corrected chi connectivity index (χ4v) is 2.93. The van der Waals surface area contributed by atoms with Crippen molar-refractivity contribution in [1.29, 1.82) is 0 Å². The van der Waals surface area contributed by atoms with Crippen molar-refractivity contribution in [3.63, 3.8) is 0 Å². The van der Waals surface area contributed by atoms with E-state index in [0.29, 0.717) is 11.1 Å². The van der Waals surface area contributed by atoms with E-state index in [1.54, 1.807) is 0 Å². The quantitative estimate of drug-likeness (QED) is 0.816. The molecule has 1 aliphatic carbocycles. The molecule has 0 amide bonds. The van der Waals surface area contributed by atoms with Crippen LogP contribution in [0, 0.1) is 5.92 Å². The Morgan fingerprint density at radius 3 is 3.00 bits per heavy atom. The number of aliphatic hydroxyl groups excluding tert-OH is 1. The molecular weight excluding hydrogens is 262 g/mol. The molecule has 1 aromatic heterocycles. The summed E-state index contributed by atoms with van der Waals surface area (Å²) >= 11 is 6.12. The Hall–Kier alpha value is -0.870. The number of hydrogen-bond acceptors (Lipinski definition) is 4. The Morgan fingerprint density at radius 2 is 2.26 bits per heavy atom. The summed E-state index contributed by atoms with van der Waals surface area (Å²) in [5.74, 6) is 1.37. The van der Waals surface area contributed by atoms with Gasteiger partial charge >= 0.3 is 0 Å². The summed E-state index contributed by atoms with van der Waals surface area (Å²) in [7, 11) is 0. The van der Waals surface area contributed by atoms with Crippen LogP contribution in [0.4, 0.5) is 5.82 Å². The summed E-state index contributed by atoms with van der Waals surface area (Å²) in [5, 5.41) is 13.6. The van der Waals surface area contributed by atoms with Crippen LogP contribution in [0.3, 0.4) is 0 Å². The smallest absolute Gasteiger partial charge is 0.137 e. The molecule has 0 aliphatic heterocycles. The van der Waals surface area contributed by atoms with Crippen LogP contribution < -0.4 is 5.32 Å². The molecule has 19 heavy (non-hydrogen) atoms. The van der Waals surface area contributed by atoms with E-state index < -0.39 is 0 Å². The molecule has 0 saturated heterocycles. The first-order chi connectivity index (χ1) is 9.20. The number of rotatable bonds is 5. The van der Waals surface area contributed by atoms with Gasteiger partial charge in [-0.3, -0.25) is 0 Å². The van der Waals surface area contributed by atoms with Crippen molar-refractivity contribution in [3.05, 3.63) is 17.0 Å². The van der Waals surface area contributed by atoms with Gasteiger partial charge in [0.2, 0.25) is 0 Å². The van der Waals surface area contributed by atoms with Crippen molar-refractivity contribution >= 4 is 17.4 Å². The number of aromatic nitrogens is 2. The van der Waals surface area contributed by atoms with Crippen molar-refractivity contribution in [2.24, 2.45) is 5.92 Å². The van der Waals surface area contributed by atoms with Gasteiger partial charge in [-0.2, -0.15) is 0 Å². The average Bonchev–Trinajstić information content (AvgIpc) is 2.40. The van der Waals surface area contributed by atoms with Crippen LogP contribution in [0.2, 0.25) is 5.15 Å². The van der Waals surface area contributed by atoms with Crippen LogP contribution in [-0.2, 0) is 6.42 Å². The van der Waals surface area contributed by atoms with E-state index in [-0.39, 0.29) is 6.10 Å². The van der Waals surface area contributed by atoms with Crippen LogP contribution in [0.25, 0.3) is 0 Å². The minimum atomic E-state index is -0.135. The number of halogens is 1. The van der Waals surface area contributed by atoms with Crippen molar-refractivity contribution in [1.82, 2.24) is 9.97 Å². The molecular formula is C14H22ClN3O. The highest BCUT2D eigenvalue weighted by molar-refractivity contribution is 6.30. The summed E-state index contributed by atoms with van der Waals surface area (Å²) in [6, 6.07) is 0. The maximum Gasteiger partial charge on any atom is 0.137 e. The van der Waals surface area contributed by atoms with E-state index >= 15 is 0 Å². The van der Waals surface area contributed by atoms with Crippen molar-refractivity contribution in [2.75, 3.05) is 11.9 Å². The van der Waals surface area contributed by atoms with Gasteiger partial charge in [-0.1, -0.05) is 31.4 Å². The third-order valence-electron chi connectivity index (χ3n) is 3.71. The van der Waals surface area contributed by atoms with Crippen molar-refractivity contribution in [2.45, 2.75) is 51.6 Å². The van der Waals surface area contributed by atoms with Crippen LogP contribution >= 0.6 is 11.6 Å². The maximum absolute atomic E-state index is 9.69. The molecule has 5 heteroatoms. The van der Waals surface area contributed by atoms with Crippen LogP contribution in [0.1, 0.15) is 44.6 Å². The number of nitrogens with zero attached hydrogens (tertiary/aromatic N) is 2. The Balaban J connectivity index is 1.96. The highest BCUT2D eigenvalue weighted by atomic mass is 35.5. The van der Waals surface area contributed by atoms with Crippen LogP contribution in [-0.4, -0.2) is 27.7 Å². The first kappa shape index (κ1) is 14.5. The third-order valence-corrected chi connectivity index (χ3v) is 4.03. The first-order valence-corrected chi connectivity index (χ1v) is 7.49. The van der Waals surface area contributed by atoms with E-state index in [1.807, 2.05) is 0 Å². The molecule has 0 bridgehead atoms. The average molecular weight is 284 g/mol. The first-order valence-electron chi connectivity index (χ1n) is 7.12. The number of nitrogens with one attached hydrogen (secondary N) is 1. The lowest BCUT2D eigenvalue weighted by molar-refractivity contribution is 0.104. The summed E-state index contributed by atoms with van der Waals surface area (Å²) in [6.07, 6.45) is 7.38. The summed E-state index contributed by atoms with van der Waals surface area (Å²) < 4.78 is 0. The lowest BCUT2D eigenvalue weighted by Crippen LogP contribution is -2.25. The molecule has 0 spiro atoms. The second-order valence-corrected chi connectivity index (χ2v) is 5.67. The molecule has 1 heterocycles. The van der Waals surface area contributed by atoms with E-state index in [2.05, 4.69) is 22.2 Å². The largest absolute Gasteiger partial charge is 0.393 e. The minimum absolute atomic E-state index is 0.135. The van der Waals surface area contributed by atoms with Crippen molar-refractivity contribution in [3.8, 4) is 0 Å². The van der Waals surface area contributed by atoms with E-state index in [1.165, 1.54) is 12.7 Å². The monoisotopic (exact) mass is 283 g/mol. The van der Waals surface area contributed by atoms with E-state index in [0.717, 1.165) is 50.0 Å². The Morgan fingerprint density at radius 1 is 1.42 bits per heavy atom. The van der Waals surface area contributed by atoms with Crippen LogP contribution in [0.15, 0.2) is 6.33 Å². The number of aliphatic hydroxyl groups is 1. The molecule has 2 unspecified atom stereocenters. The molecule has 106 valence electrons. The van der Waals surface area contributed by atoms with Gasteiger partial charge in [-0.25, -0.2) is 9.97 Å². The molecule has 1 aliphatic rings. The summed E-state index contributed by atoms with van der Waals surface area (Å²) in [5.41, 5.74) is 1.00. The molecule has 1 saturated carbocycles. The fourth-order valence-electron chi connectivity index (χ4n) is 2.70. The number of anilines is 1. The lowest BCUT2D eigenvalue weighted by Gasteiger charge is -2.26. The number of hydrogen-bond donors (Lipinski definition) is 2. The Bertz CT molecular complexity index is 414. The zero-order valence-electron chi connectivity index (χ0n) is 11.4. The summed E-state index contributed by atoms with van der Waals surface area (Å²) in [6.45, 7) is 2.96. The minimum Gasteiger partial charge on any atom is -0.393 e. The second-order valence-electron chi connectivity index (χ2n) is 5.31. The maximum atomic E-state index is 9.69. The molecule has 2 atom stereocenters. The van der Waals surface area contributed by atoms with Gasteiger partial charge in [-0.05, 0) is 31.6 Å². The molecule has 1 fully saturated rings. The third kappa shape index (κ3) is 4.05. The van der Waals surface area contributed by atoms with Crippen LogP contribution in [0.5, 0.6) is 0 Å². The van der Waals surface area contributed by atoms with Gasteiger partial charge in [0.25, 0.3) is 0 Å². The predicted molar refractivity (Wildman–Crippen MR) is 77.5 cm³/mol. The molecule has 4 nitrogen and oxygen atoms in total. The molecule has 1 aromatic rings. The molecule has 0 radical (unpaired) electrons. The zero-order valence-corrected chi connectivity index (χ0v) is 12.2. The van der Waals surface area contributed by atoms with Gasteiger partial charge in [-0.15, -0.1) is 0 Å². The van der Waals surface area contributed by atoms with Crippen molar-refractivity contribution < 1.29 is 5.11 Å². The SMILES string of the molecule is CCCc1c(Cl)ncnc1NCC1CCCC(O)C1. The van der Waals surface area contributed by atoms with E-state index in [9.17, 15) is 5.11 Å². The van der Waals surface area contributed by atoms with E-state index in [4.69, 9.17) is 11.6 Å².